The van der Waals surface area contributed by atoms with Crippen LogP contribution in [0, 0.1) is 17.2 Å². The molecule has 1 aliphatic heterocycles. The van der Waals surface area contributed by atoms with Crippen molar-refractivity contribution >= 4 is 11.6 Å². The topological polar surface area (TPSA) is 95.0 Å². The predicted molar refractivity (Wildman–Crippen MR) is 99.9 cm³/mol. The van der Waals surface area contributed by atoms with Crippen molar-refractivity contribution < 1.29 is 4.79 Å². The van der Waals surface area contributed by atoms with Gasteiger partial charge in [0.25, 0.3) is 0 Å². The Labute approximate surface area is 153 Å². The number of pyridine rings is 1. The van der Waals surface area contributed by atoms with E-state index in [4.69, 9.17) is 11.0 Å². The Morgan fingerprint density at radius 1 is 1.38 bits per heavy atom. The summed E-state index contributed by atoms with van der Waals surface area (Å²) in [7, 11) is 0. The molecule has 6 heteroatoms. The molecule has 3 N–H and O–H groups in total. The van der Waals surface area contributed by atoms with E-state index in [1.165, 1.54) is 5.56 Å². The summed E-state index contributed by atoms with van der Waals surface area (Å²) in [6, 6.07) is 12.2. The lowest BCUT2D eigenvalue weighted by Gasteiger charge is -2.31. The minimum Gasteiger partial charge on any atom is -0.379 e. The number of nitrogens with zero attached hydrogens (tertiary/aromatic N) is 3. The van der Waals surface area contributed by atoms with E-state index in [1.807, 2.05) is 6.07 Å². The number of benzene rings is 1. The molecule has 1 aromatic carbocycles. The maximum atomic E-state index is 11.4. The normalized spacial score (nSPS) is 17.4. The van der Waals surface area contributed by atoms with Crippen LogP contribution in [0.15, 0.2) is 42.7 Å². The van der Waals surface area contributed by atoms with E-state index in [9.17, 15) is 4.79 Å². The molecular weight excluding hydrogens is 326 g/mol. The first-order valence-corrected chi connectivity index (χ1v) is 8.83. The number of carbonyl (C=O) groups excluding carboxylic acids is 1. The molecule has 1 aliphatic rings. The summed E-state index contributed by atoms with van der Waals surface area (Å²) in [6.45, 7) is 3.17. The molecule has 0 spiro atoms. The highest BCUT2D eigenvalue weighted by atomic mass is 16.1. The van der Waals surface area contributed by atoms with Gasteiger partial charge in [0, 0.05) is 25.8 Å². The number of hydrogen-bond acceptors (Lipinski definition) is 5. The van der Waals surface area contributed by atoms with Crippen LogP contribution in [0.2, 0.25) is 0 Å². The highest BCUT2D eigenvalue weighted by molar-refractivity contribution is 5.76. The molecule has 0 aliphatic carbocycles. The van der Waals surface area contributed by atoms with E-state index in [0.717, 1.165) is 43.7 Å². The van der Waals surface area contributed by atoms with Crippen molar-refractivity contribution in [2.45, 2.75) is 25.9 Å². The molecular formula is C20H23N5O. The molecule has 3 rings (SSSR count). The third-order valence-electron chi connectivity index (χ3n) is 4.73. The van der Waals surface area contributed by atoms with Crippen molar-refractivity contribution in [2.24, 2.45) is 11.7 Å². The predicted octanol–water partition coefficient (Wildman–Crippen LogP) is 2.26. The van der Waals surface area contributed by atoms with Crippen LogP contribution in [0.4, 0.5) is 5.69 Å². The van der Waals surface area contributed by atoms with Gasteiger partial charge in [-0.1, -0.05) is 24.3 Å². The van der Waals surface area contributed by atoms with E-state index in [0.29, 0.717) is 12.1 Å². The van der Waals surface area contributed by atoms with Gasteiger partial charge in [0.15, 0.2) is 0 Å². The molecule has 134 valence electrons. The minimum absolute atomic E-state index is 0.0383. The van der Waals surface area contributed by atoms with Crippen LogP contribution in [-0.4, -0.2) is 28.9 Å². The first-order chi connectivity index (χ1) is 12.7. The van der Waals surface area contributed by atoms with E-state index in [2.05, 4.69) is 39.5 Å². The number of nitrogens with one attached hydrogen (secondary N) is 1. The summed E-state index contributed by atoms with van der Waals surface area (Å²) in [6.07, 6.45) is 5.18. The zero-order valence-corrected chi connectivity index (χ0v) is 14.7. The molecule has 1 aromatic heterocycles. The SMILES string of the molecule is N#Cc1ccncc1NCc1cccc(CN2CCCC(C(N)=O)C2)c1. The molecule has 1 amide bonds. The number of piperidine rings is 1. The summed E-state index contributed by atoms with van der Waals surface area (Å²) in [5.74, 6) is -0.235. The molecule has 1 fully saturated rings. The van der Waals surface area contributed by atoms with Gasteiger partial charge in [-0.2, -0.15) is 5.26 Å². The minimum atomic E-state index is -0.197. The van der Waals surface area contributed by atoms with E-state index in [1.54, 1.807) is 18.5 Å². The second-order valence-corrected chi connectivity index (χ2v) is 6.68. The number of primary amides is 1. The molecule has 0 radical (unpaired) electrons. The number of carbonyl (C=O) groups is 1. The van der Waals surface area contributed by atoms with Crippen molar-refractivity contribution in [3.8, 4) is 6.07 Å². The summed E-state index contributed by atoms with van der Waals surface area (Å²) < 4.78 is 0. The number of anilines is 1. The second kappa shape index (κ2) is 8.45. The summed E-state index contributed by atoms with van der Waals surface area (Å²) >= 11 is 0. The summed E-state index contributed by atoms with van der Waals surface area (Å²) in [5.41, 5.74) is 9.13. The Kier molecular flexibility index (Phi) is 5.82. The zero-order chi connectivity index (χ0) is 18.4. The average Bonchev–Trinajstić information content (AvgIpc) is 2.67. The summed E-state index contributed by atoms with van der Waals surface area (Å²) in [4.78, 5) is 17.8. The molecule has 6 nitrogen and oxygen atoms in total. The number of rotatable bonds is 6. The average molecular weight is 349 g/mol. The van der Waals surface area contributed by atoms with Crippen molar-refractivity contribution in [2.75, 3.05) is 18.4 Å². The van der Waals surface area contributed by atoms with Crippen LogP contribution in [0.5, 0.6) is 0 Å². The van der Waals surface area contributed by atoms with E-state index >= 15 is 0 Å². The number of nitriles is 1. The molecule has 0 saturated carbocycles. The Hall–Kier alpha value is -2.91. The fourth-order valence-corrected chi connectivity index (χ4v) is 3.36. The zero-order valence-electron chi connectivity index (χ0n) is 14.7. The van der Waals surface area contributed by atoms with Crippen molar-refractivity contribution in [1.82, 2.24) is 9.88 Å². The molecule has 1 unspecified atom stereocenters. The number of nitrogens with two attached hydrogens (primary N) is 1. The van der Waals surface area contributed by atoms with Gasteiger partial charge in [-0.3, -0.25) is 14.7 Å². The summed E-state index contributed by atoms with van der Waals surface area (Å²) in [5, 5.41) is 12.4. The third kappa shape index (κ3) is 4.58. The van der Waals surface area contributed by atoms with Gasteiger partial charge in [-0.15, -0.1) is 0 Å². The highest BCUT2D eigenvalue weighted by Crippen LogP contribution is 2.19. The monoisotopic (exact) mass is 349 g/mol. The van der Waals surface area contributed by atoms with Gasteiger partial charge < -0.3 is 11.1 Å². The maximum absolute atomic E-state index is 11.4. The maximum Gasteiger partial charge on any atom is 0.221 e. The highest BCUT2D eigenvalue weighted by Gasteiger charge is 2.23. The Bertz CT molecular complexity index is 814. The molecule has 2 aromatic rings. The van der Waals surface area contributed by atoms with Gasteiger partial charge in [0.2, 0.25) is 5.91 Å². The Morgan fingerprint density at radius 3 is 3.04 bits per heavy atom. The van der Waals surface area contributed by atoms with Crippen LogP contribution < -0.4 is 11.1 Å². The van der Waals surface area contributed by atoms with Gasteiger partial charge in [-0.25, -0.2) is 0 Å². The molecule has 26 heavy (non-hydrogen) atoms. The standard InChI is InChI=1S/C20H23N5O/c21-10-17-6-7-23-12-19(17)24-11-15-3-1-4-16(9-15)13-25-8-2-5-18(14-25)20(22)26/h1,3-4,6-7,9,12,18,24H,2,5,8,11,13-14H2,(H2,22,26). The van der Waals surface area contributed by atoms with Crippen LogP contribution in [0.3, 0.4) is 0 Å². The van der Waals surface area contributed by atoms with Gasteiger partial charge >= 0.3 is 0 Å². The second-order valence-electron chi connectivity index (χ2n) is 6.68. The molecule has 1 atom stereocenters. The van der Waals surface area contributed by atoms with Crippen LogP contribution in [-0.2, 0) is 17.9 Å². The van der Waals surface area contributed by atoms with Crippen molar-refractivity contribution in [1.29, 1.82) is 5.26 Å². The fourth-order valence-electron chi connectivity index (χ4n) is 3.36. The number of hydrogen-bond donors (Lipinski definition) is 2. The fraction of sp³-hybridized carbons (Fsp3) is 0.350. The quantitative estimate of drug-likeness (QED) is 0.834. The molecule has 2 heterocycles. The largest absolute Gasteiger partial charge is 0.379 e. The van der Waals surface area contributed by atoms with E-state index < -0.39 is 0 Å². The van der Waals surface area contributed by atoms with E-state index in [-0.39, 0.29) is 11.8 Å². The number of likely N-dealkylation sites (tertiary alicyclic amines) is 1. The van der Waals surface area contributed by atoms with Gasteiger partial charge in [0.05, 0.1) is 23.4 Å². The van der Waals surface area contributed by atoms with Crippen LogP contribution in [0.1, 0.15) is 29.5 Å². The lowest BCUT2D eigenvalue weighted by Crippen LogP contribution is -2.40. The third-order valence-corrected chi connectivity index (χ3v) is 4.73. The van der Waals surface area contributed by atoms with Crippen LogP contribution in [0.25, 0.3) is 0 Å². The van der Waals surface area contributed by atoms with Gasteiger partial charge in [-0.05, 0) is 36.6 Å². The van der Waals surface area contributed by atoms with Crippen molar-refractivity contribution in [3.63, 3.8) is 0 Å². The van der Waals surface area contributed by atoms with Crippen LogP contribution >= 0.6 is 0 Å². The number of amides is 1. The first kappa shape index (κ1) is 17.9. The Balaban J connectivity index is 1.61. The molecule has 1 saturated heterocycles. The van der Waals surface area contributed by atoms with Gasteiger partial charge in [0.1, 0.15) is 6.07 Å². The molecule has 0 bridgehead atoms. The smallest absolute Gasteiger partial charge is 0.221 e. The lowest BCUT2D eigenvalue weighted by atomic mass is 9.97. The van der Waals surface area contributed by atoms with Crippen molar-refractivity contribution in [3.05, 3.63) is 59.4 Å². The lowest BCUT2D eigenvalue weighted by molar-refractivity contribution is -0.123. The first-order valence-electron chi connectivity index (χ1n) is 8.83. The number of aromatic nitrogens is 1. The Morgan fingerprint density at radius 2 is 2.23 bits per heavy atom.